The van der Waals surface area contributed by atoms with E-state index in [0.29, 0.717) is 0 Å². The van der Waals surface area contributed by atoms with E-state index in [1.807, 2.05) is 0 Å². The van der Waals surface area contributed by atoms with Crippen molar-refractivity contribution in [3.8, 4) is 0 Å². The number of hydrogen-bond acceptors (Lipinski definition) is 11. The maximum Gasteiger partial charge on any atom is 0.577 e. The Morgan fingerprint density at radius 1 is 0.833 bits per heavy atom. The van der Waals surface area contributed by atoms with E-state index < -0.39 is 6.16 Å². The third kappa shape index (κ3) is 7.06. The Balaban J connectivity index is 3.10. The van der Waals surface area contributed by atoms with Crippen LogP contribution >= 0.6 is 0 Å². The first kappa shape index (κ1) is 11.0. The molecule has 0 bridgehead atoms. The molecule has 0 saturated heterocycles. The number of hydrogen-bond donors (Lipinski definition) is 2. The zero-order chi connectivity index (χ0) is 9.23. The predicted molar refractivity (Wildman–Crippen MR) is 19.3 cm³/mol. The molecule has 0 saturated carbocycles. The Hall–Kier alpha value is -1.05. The van der Waals surface area contributed by atoms with Crippen LogP contribution in [-0.2, 0) is 40.0 Å². The Labute approximate surface area is 62.8 Å². The largest absolute Gasteiger partial charge is 0.577 e. The van der Waals surface area contributed by atoms with Crippen molar-refractivity contribution in [1.82, 2.24) is 0 Å². The molecule has 0 aliphatic carbocycles. The van der Waals surface area contributed by atoms with Gasteiger partial charge in [-0.05, 0) is 10.1 Å². The zero-order valence-electron chi connectivity index (χ0n) is 5.07. The van der Waals surface area contributed by atoms with Crippen LogP contribution in [0, 0.1) is 0 Å². The van der Waals surface area contributed by atoms with Crippen LogP contribution in [-0.4, -0.2) is 16.7 Å². The number of carbonyl (C=O) groups is 1. The van der Waals surface area contributed by atoms with Crippen molar-refractivity contribution in [2.75, 3.05) is 0 Å². The third-order valence-corrected chi connectivity index (χ3v) is 0.321. The molecule has 0 aromatic heterocycles. The molecule has 11 nitrogen and oxygen atoms in total. The molecule has 11 heteroatoms. The van der Waals surface area contributed by atoms with Crippen molar-refractivity contribution in [3.05, 3.63) is 0 Å². The van der Waals surface area contributed by atoms with Crippen molar-refractivity contribution in [3.63, 3.8) is 0 Å². The lowest BCUT2D eigenvalue weighted by atomic mass is 11.4. The second-order valence-corrected chi connectivity index (χ2v) is 0.838. The summed E-state index contributed by atoms with van der Waals surface area (Å²) >= 11 is 0. The van der Waals surface area contributed by atoms with Crippen LogP contribution < -0.4 is 0 Å². The van der Waals surface area contributed by atoms with Crippen molar-refractivity contribution in [2.45, 2.75) is 0 Å². The minimum absolute atomic E-state index is 1.61. The molecule has 0 heterocycles. The molecule has 0 atom stereocenters. The van der Waals surface area contributed by atoms with Crippen molar-refractivity contribution in [2.24, 2.45) is 0 Å². The quantitative estimate of drug-likeness (QED) is 0.324. The first-order valence-corrected chi connectivity index (χ1v) is 1.98. The van der Waals surface area contributed by atoms with Crippen LogP contribution in [0.2, 0.25) is 0 Å². The first-order chi connectivity index (χ1) is 5.81. The molecule has 0 unspecified atom stereocenters. The Morgan fingerprint density at radius 2 is 1.25 bits per heavy atom. The van der Waals surface area contributed by atoms with E-state index in [-0.39, 0.29) is 0 Å². The zero-order valence-corrected chi connectivity index (χ0v) is 5.07. The summed E-state index contributed by atoms with van der Waals surface area (Å²) in [5.41, 5.74) is 0. The fourth-order valence-corrected chi connectivity index (χ4v) is 0.122. The predicted octanol–water partition coefficient (Wildman–Crippen LogP) is -0.325. The Morgan fingerprint density at radius 3 is 1.58 bits per heavy atom. The fraction of sp³-hybridized carbons (Fsp3) is 0. The van der Waals surface area contributed by atoms with Gasteiger partial charge in [-0.2, -0.15) is 4.79 Å². The molecule has 2 N–H and O–H groups in total. The topological polar surface area (TPSA) is 131 Å². The maximum absolute atomic E-state index is 10.1. The normalized spacial score (nSPS) is 9.50. The van der Waals surface area contributed by atoms with Gasteiger partial charge in [-0.3, -0.25) is 0 Å². The van der Waals surface area contributed by atoms with E-state index in [1.54, 1.807) is 0 Å². The maximum atomic E-state index is 10.1. The first-order valence-electron chi connectivity index (χ1n) is 1.98. The second-order valence-electron chi connectivity index (χ2n) is 0.838. The fourth-order valence-electron chi connectivity index (χ4n) is 0.122. The molecule has 72 valence electrons. The molecule has 0 spiro atoms. The Bertz CT molecular complexity index is 95.6. The van der Waals surface area contributed by atoms with E-state index in [4.69, 9.17) is 10.5 Å². The SMILES string of the molecule is O=C(OOOOO)OOOOO. The number of rotatable bonds is 6. The van der Waals surface area contributed by atoms with E-state index >= 15 is 0 Å². The third-order valence-electron chi connectivity index (χ3n) is 0.321. The van der Waals surface area contributed by atoms with Gasteiger partial charge in [0.15, 0.2) is 0 Å². The minimum Gasteiger partial charge on any atom is -0.224 e. The van der Waals surface area contributed by atoms with E-state index in [2.05, 4.69) is 40.0 Å². The van der Waals surface area contributed by atoms with E-state index in [0.717, 1.165) is 0 Å². The van der Waals surface area contributed by atoms with Gasteiger partial charge in [0.2, 0.25) is 0 Å². The van der Waals surface area contributed by atoms with Gasteiger partial charge in [-0.25, -0.2) is 20.3 Å². The molecular formula is CH2O11. The summed E-state index contributed by atoms with van der Waals surface area (Å²) in [5.74, 6) is 0. The molecular weight excluding hydrogens is 188 g/mol. The van der Waals surface area contributed by atoms with Crippen LogP contribution in [0.3, 0.4) is 0 Å². The Kier molecular flexibility index (Phi) is 7.35. The summed E-state index contributed by atoms with van der Waals surface area (Å²) in [4.78, 5) is 16.9. The highest BCUT2D eigenvalue weighted by Gasteiger charge is 2.08. The lowest BCUT2D eigenvalue weighted by Gasteiger charge is -1.96. The molecule has 0 radical (unpaired) electrons. The van der Waals surface area contributed by atoms with Crippen LogP contribution in [0.4, 0.5) is 4.79 Å². The highest BCUT2D eigenvalue weighted by Crippen LogP contribution is 1.89. The minimum atomic E-state index is -1.61. The van der Waals surface area contributed by atoms with Crippen molar-refractivity contribution < 1.29 is 55.3 Å². The molecule has 0 aliphatic rings. The monoisotopic (exact) mass is 190 g/mol. The molecule has 0 aliphatic heterocycles. The van der Waals surface area contributed by atoms with E-state index in [1.165, 1.54) is 0 Å². The molecule has 12 heavy (non-hydrogen) atoms. The molecule has 0 rings (SSSR count). The highest BCUT2D eigenvalue weighted by atomic mass is 17.8. The molecule has 0 fully saturated rings. The summed E-state index contributed by atoms with van der Waals surface area (Å²) in [6.07, 6.45) is -1.61. The van der Waals surface area contributed by atoms with Gasteiger partial charge in [0.1, 0.15) is 0 Å². The van der Waals surface area contributed by atoms with Gasteiger partial charge in [-0.15, -0.1) is 0 Å². The van der Waals surface area contributed by atoms with Gasteiger partial charge in [-0.1, -0.05) is 0 Å². The molecule has 0 amide bonds. The number of carbonyl (C=O) groups excluding carboxylic acids is 1. The lowest BCUT2D eigenvalue weighted by Crippen LogP contribution is -2.09. The van der Waals surface area contributed by atoms with Gasteiger partial charge < -0.3 is 0 Å². The van der Waals surface area contributed by atoms with Crippen LogP contribution in [0.1, 0.15) is 0 Å². The average Bonchev–Trinajstić information content (AvgIpc) is 2.06. The van der Waals surface area contributed by atoms with Gasteiger partial charge >= 0.3 is 6.16 Å². The van der Waals surface area contributed by atoms with Crippen molar-refractivity contribution >= 4 is 6.16 Å². The summed E-state index contributed by atoms with van der Waals surface area (Å²) in [5, 5.41) is 33.4. The summed E-state index contributed by atoms with van der Waals surface area (Å²) in [7, 11) is 0. The molecule has 0 aromatic carbocycles. The van der Waals surface area contributed by atoms with E-state index in [9.17, 15) is 4.79 Å². The smallest absolute Gasteiger partial charge is 0.224 e. The van der Waals surface area contributed by atoms with Gasteiger partial charge in [0.05, 0.1) is 0 Å². The van der Waals surface area contributed by atoms with Crippen molar-refractivity contribution in [1.29, 1.82) is 0 Å². The summed E-state index contributed by atoms with van der Waals surface area (Å²) in [6, 6.07) is 0. The van der Waals surface area contributed by atoms with Gasteiger partial charge in [0, 0.05) is 20.2 Å². The van der Waals surface area contributed by atoms with Crippen LogP contribution in [0.5, 0.6) is 0 Å². The van der Waals surface area contributed by atoms with Gasteiger partial charge in [0.25, 0.3) is 0 Å². The summed E-state index contributed by atoms with van der Waals surface area (Å²) < 4.78 is 0. The second kappa shape index (κ2) is 8.05. The molecule has 0 aromatic rings. The standard InChI is InChI=1S/CH2O11/c2-1(5-9-11-7-3)6-10-12-8-4/h3-4H. The summed E-state index contributed by atoms with van der Waals surface area (Å²) in [6.45, 7) is 0. The van der Waals surface area contributed by atoms with Crippen LogP contribution in [0.15, 0.2) is 0 Å². The highest BCUT2D eigenvalue weighted by molar-refractivity contribution is 5.57. The average molecular weight is 190 g/mol. The lowest BCUT2D eigenvalue weighted by molar-refractivity contribution is -0.709. The van der Waals surface area contributed by atoms with Crippen LogP contribution in [0.25, 0.3) is 0 Å².